The van der Waals surface area contributed by atoms with E-state index in [4.69, 9.17) is 0 Å². The smallest absolute Gasteiger partial charge is 0.277 e. The van der Waals surface area contributed by atoms with Crippen LogP contribution >= 0.6 is 11.8 Å². The number of alkyl halides is 3. The Morgan fingerprint density at radius 3 is 2.62 bits per heavy atom. The Labute approximate surface area is 137 Å². The van der Waals surface area contributed by atoms with Crippen molar-refractivity contribution < 1.29 is 18.1 Å². The molecular formula is C14H9F3N4O2S. The zero-order valence-corrected chi connectivity index (χ0v) is 12.7. The Kier molecular flexibility index (Phi) is 4.14. The van der Waals surface area contributed by atoms with Gasteiger partial charge in [-0.05, 0) is 12.1 Å². The Morgan fingerprint density at radius 1 is 1.17 bits per heavy atom. The van der Waals surface area contributed by atoms with E-state index in [-0.39, 0.29) is 22.2 Å². The molecule has 6 nitrogen and oxygen atoms in total. The molecule has 24 heavy (non-hydrogen) atoms. The maximum Gasteiger partial charge on any atom is 0.417 e. The van der Waals surface area contributed by atoms with E-state index < -0.39 is 16.7 Å². The van der Waals surface area contributed by atoms with Gasteiger partial charge >= 0.3 is 6.18 Å². The fourth-order valence-corrected chi connectivity index (χ4v) is 3.00. The molecule has 3 rings (SSSR count). The van der Waals surface area contributed by atoms with Crippen molar-refractivity contribution in [3.63, 3.8) is 0 Å². The highest BCUT2D eigenvalue weighted by Crippen LogP contribution is 2.31. The zero-order valence-electron chi connectivity index (χ0n) is 11.9. The van der Waals surface area contributed by atoms with Gasteiger partial charge in [-0.2, -0.15) is 13.2 Å². The second-order valence-corrected chi connectivity index (χ2v) is 5.74. The van der Waals surface area contributed by atoms with Crippen molar-refractivity contribution in [3.8, 4) is 0 Å². The predicted molar refractivity (Wildman–Crippen MR) is 80.6 cm³/mol. The Balaban J connectivity index is 1.90. The van der Waals surface area contributed by atoms with Crippen molar-refractivity contribution in [2.45, 2.75) is 17.1 Å². The second-order valence-electron chi connectivity index (χ2n) is 4.80. The Hall–Kier alpha value is -2.62. The van der Waals surface area contributed by atoms with Crippen LogP contribution in [0.4, 0.5) is 18.9 Å². The highest BCUT2D eigenvalue weighted by Gasteiger charge is 2.31. The maximum atomic E-state index is 12.8. The summed E-state index contributed by atoms with van der Waals surface area (Å²) in [6.07, 6.45) is -3.56. The molecule has 0 amide bonds. The number of nitro benzene ring substituents is 1. The van der Waals surface area contributed by atoms with E-state index in [1.165, 1.54) is 16.5 Å². The lowest BCUT2D eigenvalue weighted by atomic mass is 10.2. The highest BCUT2D eigenvalue weighted by atomic mass is 32.2. The van der Waals surface area contributed by atoms with Crippen LogP contribution in [-0.4, -0.2) is 19.5 Å². The first-order valence-electron chi connectivity index (χ1n) is 6.63. The van der Waals surface area contributed by atoms with Crippen LogP contribution in [0.15, 0.2) is 47.8 Å². The van der Waals surface area contributed by atoms with Gasteiger partial charge in [-0.15, -0.1) is 10.2 Å². The molecule has 0 spiro atoms. The summed E-state index contributed by atoms with van der Waals surface area (Å²) in [7, 11) is 0. The lowest BCUT2D eigenvalue weighted by molar-refractivity contribution is -0.385. The van der Waals surface area contributed by atoms with Crippen LogP contribution in [0.1, 0.15) is 11.1 Å². The minimum absolute atomic E-state index is 0.0465. The summed E-state index contributed by atoms with van der Waals surface area (Å²) in [6.45, 7) is 0. The van der Waals surface area contributed by atoms with Crippen LogP contribution in [0.25, 0.3) is 5.65 Å². The van der Waals surface area contributed by atoms with Gasteiger partial charge in [-0.25, -0.2) is 0 Å². The Bertz CT molecular complexity index is 910. The standard InChI is InChI=1S/C14H9F3N4O2S/c15-14(16,17)10-5-6-12-18-19-13(20(12)7-10)24-8-9-3-1-2-4-11(9)21(22)23/h1-7H,8H2. The van der Waals surface area contributed by atoms with E-state index in [1.807, 2.05) is 0 Å². The molecule has 0 unspecified atom stereocenters. The van der Waals surface area contributed by atoms with E-state index in [0.717, 1.165) is 24.0 Å². The van der Waals surface area contributed by atoms with Gasteiger partial charge in [0, 0.05) is 23.6 Å². The van der Waals surface area contributed by atoms with Gasteiger partial charge in [0.2, 0.25) is 0 Å². The van der Waals surface area contributed by atoms with Crippen molar-refractivity contribution in [1.82, 2.24) is 14.6 Å². The van der Waals surface area contributed by atoms with Gasteiger partial charge in [0.1, 0.15) is 0 Å². The molecule has 0 N–H and O–H groups in total. The summed E-state index contributed by atoms with van der Waals surface area (Å²) < 4.78 is 39.7. The predicted octanol–water partition coefficient (Wildman–Crippen LogP) is 3.95. The molecule has 0 aliphatic rings. The number of benzene rings is 1. The summed E-state index contributed by atoms with van der Waals surface area (Å²) in [6, 6.07) is 8.33. The largest absolute Gasteiger partial charge is 0.417 e. The molecule has 124 valence electrons. The molecule has 0 aliphatic heterocycles. The van der Waals surface area contributed by atoms with E-state index in [2.05, 4.69) is 10.2 Å². The first-order valence-corrected chi connectivity index (χ1v) is 7.62. The van der Waals surface area contributed by atoms with Crippen molar-refractivity contribution in [3.05, 3.63) is 63.8 Å². The van der Waals surface area contributed by atoms with Crippen LogP contribution in [0.3, 0.4) is 0 Å². The van der Waals surface area contributed by atoms with Gasteiger partial charge in [0.15, 0.2) is 10.8 Å². The zero-order chi connectivity index (χ0) is 17.3. The summed E-state index contributed by atoms with van der Waals surface area (Å²) in [4.78, 5) is 10.5. The van der Waals surface area contributed by atoms with Gasteiger partial charge in [-0.1, -0.05) is 30.0 Å². The first-order chi connectivity index (χ1) is 11.4. The molecular weight excluding hydrogens is 345 g/mol. The average Bonchev–Trinajstić information content (AvgIpc) is 2.94. The summed E-state index contributed by atoms with van der Waals surface area (Å²) in [5.74, 6) is 0.189. The molecule has 0 atom stereocenters. The molecule has 3 aromatic rings. The van der Waals surface area contributed by atoms with Crippen molar-refractivity contribution in [2.24, 2.45) is 0 Å². The molecule has 1 aromatic carbocycles. The molecule has 0 fully saturated rings. The lowest BCUT2D eigenvalue weighted by Gasteiger charge is -2.07. The maximum absolute atomic E-state index is 12.8. The number of hydrogen-bond donors (Lipinski definition) is 0. The molecule has 0 aliphatic carbocycles. The number of pyridine rings is 1. The topological polar surface area (TPSA) is 73.3 Å². The summed E-state index contributed by atoms with van der Waals surface area (Å²) in [5, 5.41) is 18.9. The number of halogens is 3. The summed E-state index contributed by atoms with van der Waals surface area (Å²) >= 11 is 1.08. The van der Waals surface area contributed by atoms with Crippen molar-refractivity contribution in [2.75, 3.05) is 0 Å². The Morgan fingerprint density at radius 2 is 1.92 bits per heavy atom. The van der Waals surface area contributed by atoms with Crippen LogP contribution in [-0.2, 0) is 11.9 Å². The highest BCUT2D eigenvalue weighted by molar-refractivity contribution is 7.98. The minimum Gasteiger partial charge on any atom is -0.277 e. The fourth-order valence-electron chi connectivity index (χ4n) is 2.09. The van der Waals surface area contributed by atoms with E-state index in [0.29, 0.717) is 5.56 Å². The van der Waals surface area contributed by atoms with Crippen molar-refractivity contribution in [1.29, 1.82) is 0 Å². The van der Waals surface area contributed by atoms with E-state index in [1.54, 1.807) is 18.2 Å². The number of nitro groups is 1. The van der Waals surface area contributed by atoms with Crippen LogP contribution in [0.2, 0.25) is 0 Å². The van der Waals surface area contributed by atoms with Gasteiger partial charge < -0.3 is 0 Å². The number of thioether (sulfide) groups is 1. The SMILES string of the molecule is O=[N+]([O-])c1ccccc1CSc1nnc2ccc(C(F)(F)F)cn12. The lowest BCUT2D eigenvalue weighted by Crippen LogP contribution is -2.06. The summed E-state index contributed by atoms with van der Waals surface area (Å²) in [5.41, 5.74) is -0.138. The van der Waals surface area contributed by atoms with Gasteiger partial charge in [0.25, 0.3) is 5.69 Å². The van der Waals surface area contributed by atoms with Gasteiger partial charge in [0.05, 0.1) is 10.5 Å². The monoisotopic (exact) mass is 354 g/mol. The van der Waals surface area contributed by atoms with Crippen LogP contribution in [0, 0.1) is 10.1 Å². The quantitative estimate of drug-likeness (QED) is 0.403. The molecule has 0 radical (unpaired) electrons. The third kappa shape index (κ3) is 3.18. The number of nitrogens with zero attached hydrogens (tertiary/aromatic N) is 4. The average molecular weight is 354 g/mol. The molecule has 0 saturated heterocycles. The number of aromatic nitrogens is 3. The fraction of sp³-hybridized carbons (Fsp3) is 0.143. The number of fused-ring (bicyclic) bond motifs is 1. The minimum atomic E-state index is -4.47. The van der Waals surface area contributed by atoms with Crippen LogP contribution < -0.4 is 0 Å². The van der Waals surface area contributed by atoms with Gasteiger partial charge in [-0.3, -0.25) is 14.5 Å². The first kappa shape index (κ1) is 16.2. The van der Waals surface area contributed by atoms with E-state index >= 15 is 0 Å². The molecule has 0 bridgehead atoms. The number of hydrogen-bond acceptors (Lipinski definition) is 5. The third-order valence-corrected chi connectivity index (χ3v) is 4.24. The number of para-hydroxylation sites is 1. The normalized spacial score (nSPS) is 11.8. The van der Waals surface area contributed by atoms with Crippen LogP contribution in [0.5, 0.6) is 0 Å². The molecule has 10 heteroatoms. The molecule has 2 aromatic heterocycles. The molecule has 0 saturated carbocycles. The third-order valence-electron chi connectivity index (χ3n) is 3.24. The molecule has 2 heterocycles. The van der Waals surface area contributed by atoms with E-state index in [9.17, 15) is 23.3 Å². The number of rotatable bonds is 4. The second kappa shape index (κ2) is 6.11. The van der Waals surface area contributed by atoms with Crippen molar-refractivity contribution >= 4 is 23.1 Å².